The molecule has 8 nitrogen and oxygen atoms in total. The van der Waals surface area contributed by atoms with Crippen LogP contribution >= 0.6 is 23.2 Å². The predicted octanol–water partition coefficient (Wildman–Crippen LogP) is 3.61. The Labute approximate surface area is 232 Å². The highest BCUT2D eigenvalue weighted by atomic mass is 35.5. The minimum absolute atomic E-state index is 0.0492. The summed E-state index contributed by atoms with van der Waals surface area (Å²) >= 11 is 12.0. The van der Waals surface area contributed by atoms with Gasteiger partial charge in [-0.2, -0.15) is 0 Å². The number of halogens is 2. The monoisotopic (exact) mass is 574 g/mol. The lowest BCUT2D eigenvalue weighted by Gasteiger charge is -2.32. The third kappa shape index (κ3) is 6.73. The number of carbonyl (C=O) groups excluding carboxylic acids is 2. The second-order valence-electron chi connectivity index (χ2n) is 8.96. The molecule has 0 radical (unpaired) electrons. The van der Waals surface area contributed by atoms with Crippen LogP contribution in [-0.2, 0) is 19.6 Å². The van der Waals surface area contributed by atoms with Gasteiger partial charge in [-0.05, 0) is 35.7 Å². The van der Waals surface area contributed by atoms with Crippen molar-refractivity contribution in [1.82, 2.24) is 15.2 Å². The van der Waals surface area contributed by atoms with Gasteiger partial charge in [0.15, 0.2) is 0 Å². The molecule has 0 spiro atoms. The van der Waals surface area contributed by atoms with E-state index in [-0.39, 0.29) is 36.1 Å². The first kappa shape index (κ1) is 28.1. The molecule has 3 aromatic rings. The third-order valence-electron chi connectivity index (χ3n) is 6.24. The number of nitrogens with zero attached hydrogens (tertiary/aromatic N) is 1. The highest BCUT2D eigenvalue weighted by molar-refractivity contribution is 7.89. The summed E-state index contributed by atoms with van der Waals surface area (Å²) in [6.45, 7) is 1.76. The van der Waals surface area contributed by atoms with Crippen molar-refractivity contribution in [2.75, 3.05) is 25.0 Å². The number of rotatable bonds is 9. The molecule has 1 saturated heterocycles. The standard InChI is InChI=1S/C27H28Cl2N4O4S/c1-18-12-13-21(32-25(34)17-33-27(35)26(29)23(28)16-30-33)14-24(18)38(36,37)31-15-22(19-8-4-2-5-9-19)20-10-6-3-7-11-20/h2-14,22-23,26,30-31H,15-17H2,1H3,(H,32,34). The molecular formula is C27H28Cl2N4O4S. The van der Waals surface area contributed by atoms with E-state index < -0.39 is 32.6 Å². The summed E-state index contributed by atoms with van der Waals surface area (Å²) in [5.74, 6) is -1.21. The normalized spacial score (nSPS) is 18.0. The van der Waals surface area contributed by atoms with E-state index in [1.807, 2.05) is 60.7 Å². The van der Waals surface area contributed by atoms with Gasteiger partial charge in [-0.3, -0.25) is 14.6 Å². The Balaban J connectivity index is 1.48. The minimum atomic E-state index is -3.92. The molecule has 1 aliphatic heterocycles. The van der Waals surface area contributed by atoms with Crippen molar-refractivity contribution in [3.8, 4) is 0 Å². The molecule has 200 valence electrons. The van der Waals surface area contributed by atoms with Gasteiger partial charge in [-0.25, -0.2) is 18.6 Å². The van der Waals surface area contributed by atoms with E-state index in [0.29, 0.717) is 5.56 Å². The maximum absolute atomic E-state index is 13.4. The molecule has 0 bridgehead atoms. The van der Waals surface area contributed by atoms with Crippen LogP contribution in [-0.4, -0.2) is 55.6 Å². The average Bonchev–Trinajstić information content (AvgIpc) is 2.91. The van der Waals surface area contributed by atoms with Crippen LogP contribution in [0.25, 0.3) is 0 Å². The van der Waals surface area contributed by atoms with Gasteiger partial charge in [0, 0.05) is 24.7 Å². The number of hydrazine groups is 1. The zero-order valence-electron chi connectivity index (χ0n) is 20.6. The number of hydrogen-bond donors (Lipinski definition) is 3. The maximum atomic E-state index is 13.4. The van der Waals surface area contributed by atoms with Crippen molar-refractivity contribution in [3.05, 3.63) is 95.6 Å². The zero-order chi connectivity index (χ0) is 27.3. The summed E-state index contributed by atoms with van der Waals surface area (Å²) in [6, 6.07) is 24.0. The van der Waals surface area contributed by atoms with Crippen LogP contribution in [0.4, 0.5) is 5.69 Å². The molecule has 2 unspecified atom stereocenters. The molecule has 1 heterocycles. The van der Waals surface area contributed by atoms with Gasteiger partial charge in [-0.15, -0.1) is 23.2 Å². The number of aryl methyl sites for hydroxylation is 1. The molecule has 1 fully saturated rings. The Morgan fingerprint density at radius 1 is 1.03 bits per heavy atom. The van der Waals surface area contributed by atoms with E-state index in [1.165, 1.54) is 6.07 Å². The van der Waals surface area contributed by atoms with Gasteiger partial charge in [-0.1, -0.05) is 66.7 Å². The molecule has 38 heavy (non-hydrogen) atoms. The summed E-state index contributed by atoms with van der Waals surface area (Å²) in [5, 5.41) is 2.23. The summed E-state index contributed by atoms with van der Waals surface area (Å²) < 4.78 is 29.5. The topological polar surface area (TPSA) is 108 Å². The van der Waals surface area contributed by atoms with Gasteiger partial charge >= 0.3 is 0 Å². The largest absolute Gasteiger partial charge is 0.324 e. The Bertz CT molecular complexity index is 1350. The fraction of sp³-hybridized carbons (Fsp3) is 0.259. The van der Waals surface area contributed by atoms with Gasteiger partial charge in [0.1, 0.15) is 11.9 Å². The number of anilines is 1. The molecule has 4 rings (SSSR count). The lowest BCUT2D eigenvalue weighted by Crippen LogP contribution is -2.58. The third-order valence-corrected chi connectivity index (χ3v) is 8.83. The predicted molar refractivity (Wildman–Crippen MR) is 149 cm³/mol. The van der Waals surface area contributed by atoms with E-state index in [4.69, 9.17) is 23.2 Å². The molecule has 3 aromatic carbocycles. The molecule has 2 atom stereocenters. The molecule has 0 aliphatic carbocycles. The Morgan fingerprint density at radius 2 is 1.63 bits per heavy atom. The highest BCUT2D eigenvalue weighted by Crippen LogP contribution is 2.26. The van der Waals surface area contributed by atoms with Crippen LogP contribution in [0.5, 0.6) is 0 Å². The van der Waals surface area contributed by atoms with Gasteiger partial charge < -0.3 is 5.32 Å². The van der Waals surface area contributed by atoms with E-state index >= 15 is 0 Å². The number of carbonyl (C=O) groups is 2. The van der Waals surface area contributed by atoms with Crippen LogP contribution in [0.2, 0.25) is 0 Å². The first-order chi connectivity index (χ1) is 18.2. The molecule has 1 aliphatic rings. The second-order valence-corrected chi connectivity index (χ2v) is 11.7. The van der Waals surface area contributed by atoms with Crippen molar-refractivity contribution in [2.45, 2.75) is 28.5 Å². The molecule has 3 N–H and O–H groups in total. The first-order valence-corrected chi connectivity index (χ1v) is 14.3. The van der Waals surface area contributed by atoms with E-state index in [0.717, 1.165) is 16.1 Å². The minimum Gasteiger partial charge on any atom is -0.324 e. The fourth-order valence-electron chi connectivity index (χ4n) is 4.20. The van der Waals surface area contributed by atoms with Crippen LogP contribution < -0.4 is 15.5 Å². The zero-order valence-corrected chi connectivity index (χ0v) is 22.9. The lowest BCUT2D eigenvalue weighted by molar-refractivity contribution is -0.139. The summed E-state index contributed by atoms with van der Waals surface area (Å²) in [6.07, 6.45) is 0. The van der Waals surface area contributed by atoms with Gasteiger partial charge in [0.2, 0.25) is 15.9 Å². The number of sulfonamides is 1. The van der Waals surface area contributed by atoms with E-state index in [1.54, 1.807) is 19.1 Å². The summed E-state index contributed by atoms with van der Waals surface area (Å²) in [7, 11) is -3.92. The lowest BCUT2D eigenvalue weighted by atomic mass is 9.92. The molecule has 2 amide bonds. The van der Waals surface area contributed by atoms with Crippen LogP contribution in [0.1, 0.15) is 22.6 Å². The Kier molecular flexibility index (Phi) is 9.07. The number of benzene rings is 3. The molecule has 0 aromatic heterocycles. The highest BCUT2D eigenvalue weighted by Gasteiger charge is 2.35. The van der Waals surface area contributed by atoms with Crippen molar-refractivity contribution in [1.29, 1.82) is 0 Å². The summed E-state index contributed by atoms with van der Waals surface area (Å²) in [5.41, 5.74) is 5.55. The SMILES string of the molecule is Cc1ccc(NC(=O)CN2NCC(Cl)C(Cl)C2=O)cc1S(=O)(=O)NCC(c1ccccc1)c1ccccc1. The van der Waals surface area contributed by atoms with Crippen molar-refractivity contribution in [3.63, 3.8) is 0 Å². The van der Waals surface area contributed by atoms with Crippen molar-refractivity contribution >= 4 is 50.7 Å². The van der Waals surface area contributed by atoms with Gasteiger partial charge in [0.25, 0.3) is 5.91 Å². The first-order valence-electron chi connectivity index (χ1n) is 12.0. The Morgan fingerprint density at radius 3 is 2.24 bits per heavy atom. The average molecular weight is 576 g/mol. The van der Waals surface area contributed by atoms with Crippen LogP contribution in [0.3, 0.4) is 0 Å². The maximum Gasteiger partial charge on any atom is 0.256 e. The quantitative estimate of drug-likeness (QED) is 0.338. The number of alkyl halides is 2. The van der Waals surface area contributed by atoms with E-state index in [9.17, 15) is 18.0 Å². The van der Waals surface area contributed by atoms with Crippen LogP contribution in [0.15, 0.2) is 83.8 Å². The summed E-state index contributed by atoms with van der Waals surface area (Å²) in [4.78, 5) is 24.9. The molecular weight excluding hydrogens is 547 g/mol. The molecule has 11 heteroatoms. The number of nitrogens with one attached hydrogen (secondary N) is 3. The fourth-order valence-corrected chi connectivity index (χ4v) is 5.90. The number of amides is 2. The molecule has 0 saturated carbocycles. The number of hydrogen-bond acceptors (Lipinski definition) is 5. The smallest absolute Gasteiger partial charge is 0.256 e. The van der Waals surface area contributed by atoms with Crippen molar-refractivity contribution < 1.29 is 18.0 Å². The van der Waals surface area contributed by atoms with Gasteiger partial charge in [0.05, 0.1) is 10.3 Å². The van der Waals surface area contributed by atoms with Crippen molar-refractivity contribution in [2.24, 2.45) is 0 Å². The Hall–Kier alpha value is -2.95. The van der Waals surface area contributed by atoms with Crippen LogP contribution in [0, 0.1) is 6.92 Å². The second kappa shape index (κ2) is 12.3. The van der Waals surface area contributed by atoms with E-state index in [2.05, 4.69) is 15.5 Å².